The molecule has 136 valence electrons. The van der Waals surface area contributed by atoms with Crippen molar-refractivity contribution in [3.8, 4) is 0 Å². The second kappa shape index (κ2) is 6.40. The molecular weight excluding hydrogens is 350 g/mol. The Morgan fingerprint density at radius 3 is 2.50 bits per heavy atom. The lowest BCUT2D eigenvalue weighted by Crippen LogP contribution is -2.15. The van der Waals surface area contributed by atoms with Crippen LogP contribution in [0.4, 0.5) is 29.3 Å². The van der Waals surface area contributed by atoms with E-state index in [1.165, 1.54) is 12.3 Å². The summed E-state index contributed by atoms with van der Waals surface area (Å²) in [6.45, 7) is 0. The number of halogens is 4. The number of hydrogen-bond acceptors (Lipinski definition) is 5. The van der Waals surface area contributed by atoms with Gasteiger partial charge in [-0.3, -0.25) is 0 Å². The van der Waals surface area contributed by atoms with E-state index in [9.17, 15) is 17.6 Å². The molecule has 0 aliphatic rings. The molecule has 0 atom stereocenters. The third-order valence-electron chi connectivity index (χ3n) is 3.89. The van der Waals surface area contributed by atoms with E-state index < -0.39 is 23.1 Å². The van der Waals surface area contributed by atoms with Crippen LogP contribution in [0.15, 0.2) is 30.5 Å². The summed E-state index contributed by atoms with van der Waals surface area (Å²) in [6, 6.07) is 4.38. The van der Waals surface area contributed by atoms with Crippen molar-refractivity contribution in [2.24, 2.45) is 0 Å². The van der Waals surface area contributed by atoms with Crippen molar-refractivity contribution in [3.05, 3.63) is 53.0 Å². The number of nitrogens with zero attached hydrogens (tertiary/aromatic N) is 4. The number of fused-ring (bicyclic) bond motifs is 1. The fourth-order valence-corrected chi connectivity index (χ4v) is 2.68. The van der Waals surface area contributed by atoms with Gasteiger partial charge in [-0.25, -0.2) is 9.37 Å². The van der Waals surface area contributed by atoms with Gasteiger partial charge >= 0.3 is 6.18 Å². The summed E-state index contributed by atoms with van der Waals surface area (Å²) in [5.74, 6) is -0.539. The number of alkyl halides is 3. The summed E-state index contributed by atoms with van der Waals surface area (Å²) in [7, 11) is 3.44. The van der Waals surface area contributed by atoms with E-state index >= 15 is 0 Å². The van der Waals surface area contributed by atoms with Gasteiger partial charge in [0.15, 0.2) is 5.65 Å². The molecule has 5 nitrogen and oxygen atoms in total. The zero-order chi connectivity index (χ0) is 19.1. The van der Waals surface area contributed by atoms with Crippen LogP contribution in [0.25, 0.3) is 11.0 Å². The monoisotopic (exact) mass is 365 g/mol. The highest BCUT2D eigenvalue weighted by Gasteiger charge is 2.34. The van der Waals surface area contributed by atoms with Crippen LogP contribution in [0.1, 0.15) is 16.7 Å². The Kier molecular flexibility index (Phi) is 4.39. The molecular formula is C17H15F4N5. The lowest BCUT2D eigenvalue weighted by atomic mass is 9.97. The normalized spacial score (nSPS) is 11.8. The van der Waals surface area contributed by atoms with Crippen LogP contribution in [0.3, 0.4) is 0 Å². The molecule has 2 heterocycles. The fraction of sp³-hybridized carbons (Fsp3) is 0.235. The van der Waals surface area contributed by atoms with E-state index in [0.717, 1.165) is 18.2 Å². The molecule has 0 saturated heterocycles. The number of nitrogen functional groups attached to an aromatic ring is 1. The Labute approximate surface area is 146 Å². The van der Waals surface area contributed by atoms with Gasteiger partial charge in [-0.15, -0.1) is 0 Å². The smallest absolute Gasteiger partial charge is 0.383 e. The first-order valence-corrected chi connectivity index (χ1v) is 7.61. The Morgan fingerprint density at radius 2 is 1.85 bits per heavy atom. The molecule has 0 aliphatic carbocycles. The largest absolute Gasteiger partial charge is 0.416 e. The topological polar surface area (TPSA) is 67.9 Å². The summed E-state index contributed by atoms with van der Waals surface area (Å²) in [5, 5.41) is 0.314. The molecule has 1 aromatic carbocycles. The Hall–Kier alpha value is -2.97. The van der Waals surface area contributed by atoms with Crippen molar-refractivity contribution in [2.45, 2.75) is 12.6 Å². The number of anilines is 2. The SMILES string of the molecule is CN(C)c1nc(N)c2c(Cc3c(F)cccc3C(F)(F)F)ccnc2n1. The molecule has 26 heavy (non-hydrogen) atoms. The molecule has 2 N–H and O–H groups in total. The summed E-state index contributed by atoms with van der Waals surface area (Å²) in [6.07, 6.45) is -3.58. The van der Waals surface area contributed by atoms with Crippen LogP contribution in [0.2, 0.25) is 0 Å². The minimum Gasteiger partial charge on any atom is -0.383 e. The number of rotatable bonds is 3. The summed E-state index contributed by atoms with van der Waals surface area (Å²) < 4.78 is 53.8. The zero-order valence-electron chi connectivity index (χ0n) is 14.0. The quantitative estimate of drug-likeness (QED) is 0.721. The third kappa shape index (κ3) is 3.24. The third-order valence-corrected chi connectivity index (χ3v) is 3.89. The molecule has 0 unspecified atom stereocenters. The first kappa shape index (κ1) is 17.8. The lowest BCUT2D eigenvalue weighted by molar-refractivity contribution is -0.138. The van der Waals surface area contributed by atoms with Gasteiger partial charge in [0, 0.05) is 32.3 Å². The Balaban J connectivity index is 2.17. The van der Waals surface area contributed by atoms with Crippen LogP contribution in [-0.4, -0.2) is 29.0 Å². The molecule has 0 saturated carbocycles. The average Bonchev–Trinajstić information content (AvgIpc) is 2.55. The molecule has 0 aliphatic heterocycles. The van der Waals surface area contributed by atoms with Crippen LogP contribution in [0.5, 0.6) is 0 Å². The maximum absolute atomic E-state index is 14.2. The molecule has 0 bridgehead atoms. The Bertz CT molecular complexity index is 969. The van der Waals surface area contributed by atoms with Crippen molar-refractivity contribution in [1.82, 2.24) is 15.0 Å². The fourth-order valence-electron chi connectivity index (χ4n) is 2.68. The molecule has 3 rings (SSSR count). The van der Waals surface area contributed by atoms with Crippen molar-refractivity contribution in [1.29, 1.82) is 0 Å². The molecule has 2 aromatic heterocycles. The van der Waals surface area contributed by atoms with Gasteiger partial charge < -0.3 is 10.6 Å². The maximum atomic E-state index is 14.2. The van der Waals surface area contributed by atoms with E-state index in [0.29, 0.717) is 16.9 Å². The summed E-state index contributed by atoms with van der Waals surface area (Å²) in [4.78, 5) is 14.1. The van der Waals surface area contributed by atoms with Gasteiger partial charge in [0.1, 0.15) is 11.6 Å². The molecule has 3 aromatic rings. The predicted molar refractivity (Wildman–Crippen MR) is 90.3 cm³/mol. The maximum Gasteiger partial charge on any atom is 0.416 e. The van der Waals surface area contributed by atoms with Crippen molar-refractivity contribution in [3.63, 3.8) is 0 Å². The van der Waals surface area contributed by atoms with E-state index in [-0.39, 0.29) is 17.9 Å². The van der Waals surface area contributed by atoms with Gasteiger partial charge in [0.25, 0.3) is 0 Å². The van der Waals surface area contributed by atoms with E-state index in [4.69, 9.17) is 5.73 Å². The number of pyridine rings is 1. The van der Waals surface area contributed by atoms with Crippen LogP contribution >= 0.6 is 0 Å². The van der Waals surface area contributed by atoms with Crippen LogP contribution < -0.4 is 10.6 Å². The highest BCUT2D eigenvalue weighted by Crippen LogP contribution is 2.35. The van der Waals surface area contributed by atoms with Gasteiger partial charge in [0.2, 0.25) is 5.95 Å². The number of benzene rings is 1. The molecule has 0 spiro atoms. The highest BCUT2D eigenvalue weighted by molar-refractivity contribution is 5.89. The van der Waals surface area contributed by atoms with Crippen LogP contribution in [0, 0.1) is 5.82 Å². The minimum atomic E-state index is -4.67. The number of nitrogens with two attached hydrogens (primary N) is 1. The summed E-state index contributed by atoms with van der Waals surface area (Å²) in [5.41, 5.74) is 5.11. The first-order valence-electron chi connectivity index (χ1n) is 7.61. The standard InChI is InChI=1S/C17H15F4N5/c1-26(2)16-24-14(22)13-9(6-7-23-15(13)25-16)8-10-11(17(19,20)21)4-3-5-12(10)18/h3-7H,8H2,1-2H3,(H2,22,23,24,25). The van der Waals surface area contributed by atoms with E-state index in [2.05, 4.69) is 15.0 Å². The van der Waals surface area contributed by atoms with Crippen LogP contribution in [-0.2, 0) is 12.6 Å². The molecule has 0 radical (unpaired) electrons. The first-order chi connectivity index (χ1) is 12.2. The van der Waals surface area contributed by atoms with Crippen molar-refractivity contribution >= 4 is 22.8 Å². The Morgan fingerprint density at radius 1 is 1.12 bits per heavy atom. The second-order valence-corrected chi connectivity index (χ2v) is 5.91. The molecule has 0 fully saturated rings. The van der Waals surface area contributed by atoms with Gasteiger partial charge in [-0.05, 0) is 23.8 Å². The number of hydrogen-bond donors (Lipinski definition) is 1. The van der Waals surface area contributed by atoms with Gasteiger partial charge in [-0.2, -0.15) is 23.1 Å². The van der Waals surface area contributed by atoms with Gasteiger partial charge in [-0.1, -0.05) is 6.07 Å². The highest BCUT2D eigenvalue weighted by atomic mass is 19.4. The number of aromatic nitrogens is 3. The zero-order valence-corrected chi connectivity index (χ0v) is 14.0. The minimum absolute atomic E-state index is 0.0756. The second-order valence-electron chi connectivity index (χ2n) is 5.91. The van der Waals surface area contributed by atoms with E-state index in [1.807, 2.05) is 0 Å². The van der Waals surface area contributed by atoms with Crippen molar-refractivity contribution in [2.75, 3.05) is 24.7 Å². The van der Waals surface area contributed by atoms with Crippen molar-refractivity contribution < 1.29 is 17.6 Å². The van der Waals surface area contributed by atoms with Gasteiger partial charge in [0.05, 0.1) is 10.9 Å². The lowest BCUT2D eigenvalue weighted by Gasteiger charge is -2.16. The van der Waals surface area contributed by atoms with E-state index in [1.54, 1.807) is 19.0 Å². The summed E-state index contributed by atoms with van der Waals surface area (Å²) >= 11 is 0. The molecule has 0 amide bonds. The predicted octanol–water partition coefficient (Wildman–Crippen LogP) is 3.42. The molecule has 9 heteroatoms. The average molecular weight is 365 g/mol.